The van der Waals surface area contributed by atoms with Gasteiger partial charge in [0.05, 0.1) is 24.3 Å². The topological polar surface area (TPSA) is 42.4 Å². The van der Waals surface area contributed by atoms with Crippen molar-refractivity contribution in [3.8, 4) is 0 Å². The van der Waals surface area contributed by atoms with Gasteiger partial charge in [-0.25, -0.2) is 0 Å². The Kier molecular flexibility index (Phi) is 3.40. The molecule has 0 aliphatic carbocycles. The van der Waals surface area contributed by atoms with E-state index in [4.69, 9.17) is 4.74 Å². The molecule has 19 heavy (non-hydrogen) atoms. The van der Waals surface area contributed by atoms with E-state index in [1.807, 2.05) is 24.3 Å². The summed E-state index contributed by atoms with van der Waals surface area (Å²) in [5.74, 6) is 0.000790. The van der Waals surface area contributed by atoms with E-state index in [0.717, 1.165) is 10.9 Å². The predicted octanol–water partition coefficient (Wildman–Crippen LogP) is 2.00. The Labute approximate surface area is 116 Å². The van der Waals surface area contributed by atoms with E-state index < -0.39 is 0 Å². The summed E-state index contributed by atoms with van der Waals surface area (Å²) in [5.41, 5.74) is 1.38. The summed E-state index contributed by atoms with van der Waals surface area (Å²) in [6, 6.07) is 7.57. The molecule has 0 N–H and O–H groups in total. The lowest BCUT2D eigenvalue weighted by Crippen LogP contribution is -2.40. The zero-order valence-electron chi connectivity index (χ0n) is 10.4. The number of hydrogen-bond donors (Lipinski definition) is 1. The molecule has 1 saturated heterocycles. The number of carbonyl (C=O) groups is 1. The molecule has 0 unspecified atom stereocenters. The van der Waals surface area contributed by atoms with Crippen LogP contribution in [0.2, 0.25) is 0 Å². The van der Waals surface area contributed by atoms with Gasteiger partial charge in [-0.05, 0) is 12.1 Å². The van der Waals surface area contributed by atoms with Gasteiger partial charge in [-0.2, -0.15) is 0 Å². The van der Waals surface area contributed by atoms with Crippen molar-refractivity contribution in [3.05, 3.63) is 36.0 Å². The summed E-state index contributed by atoms with van der Waals surface area (Å²) >= 11 is 4.48. The molecule has 3 rings (SSSR count). The molecule has 0 saturated carbocycles. The summed E-state index contributed by atoms with van der Waals surface area (Å²) in [4.78, 5) is 19.2. The lowest BCUT2D eigenvalue weighted by atomic mass is 10.1. The Balaban J connectivity index is 2.00. The monoisotopic (exact) mass is 274 g/mol. The van der Waals surface area contributed by atoms with E-state index in [1.54, 1.807) is 11.1 Å². The number of amides is 1. The number of thiol groups is 1. The number of rotatable bonds is 1. The molecule has 0 atom stereocenters. The van der Waals surface area contributed by atoms with E-state index in [-0.39, 0.29) is 5.91 Å². The van der Waals surface area contributed by atoms with Gasteiger partial charge >= 0.3 is 0 Å². The molecule has 0 bridgehead atoms. The largest absolute Gasteiger partial charge is 0.378 e. The molecule has 2 aromatic rings. The van der Waals surface area contributed by atoms with Crippen LogP contribution in [0.5, 0.6) is 0 Å². The molecule has 4 nitrogen and oxygen atoms in total. The molecule has 1 aromatic carbocycles. The second-order valence-electron chi connectivity index (χ2n) is 4.44. The van der Waals surface area contributed by atoms with Crippen LogP contribution in [-0.2, 0) is 4.74 Å². The summed E-state index contributed by atoms with van der Waals surface area (Å²) < 4.78 is 5.26. The third-order valence-electron chi connectivity index (χ3n) is 3.28. The third kappa shape index (κ3) is 2.31. The van der Waals surface area contributed by atoms with Crippen LogP contribution in [-0.4, -0.2) is 42.1 Å². The fraction of sp³-hybridized carbons (Fsp3) is 0.286. The highest BCUT2D eigenvalue weighted by Gasteiger charge is 2.21. The molecule has 2 heterocycles. The first-order chi connectivity index (χ1) is 9.27. The Morgan fingerprint density at radius 2 is 2.05 bits per heavy atom. The fourth-order valence-electron chi connectivity index (χ4n) is 2.24. The van der Waals surface area contributed by atoms with Crippen LogP contribution in [0.1, 0.15) is 10.4 Å². The zero-order chi connectivity index (χ0) is 13.2. The summed E-state index contributed by atoms with van der Waals surface area (Å²) in [7, 11) is 0. The van der Waals surface area contributed by atoms with E-state index in [9.17, 15) is 4.79 Å². The maximum atomic E-state index is 12.5. The second-order valence-corrected chi connectivity index (χ2v) is 4.89. The van der Waals surface area contributed by atoms with Crippen molar-refractivity contribution in [1.29, 1.82) is 0 Å². The van der Waals surface area contributed by atoms with Gasteiger partial charge in [0.2, 0.25) is 0 Å². The number of carbonyl (C=O) groups excluding carboxylic acids is 1. The maximum Gasteiger partial charge on any atom is 0.255 e. The van der Waals surface area contributed by atoms with Crippen LogP contribution in [0.3, 0.4) is 0 Å². The van der Waals surface area contributed by atoms with Crippen molar-refractivity contribution in [2.45, 2.75) is 4.90 Å². The molecule has 1 aliphatic heterocycles. The average Bonchev–Trinajstić information content (AvgIpc) is 2.48. The molecule has 1 aliphatic rings. The first kappa shape index (κ1) is 12.4. The third-order valence-corrected chi connectivity index (χ3v) is 3.73. The highest BCUT2D eigenvalue weighted by Crippen LogP contribution is 2.25. The number of pyridine rings is 1. The standard InChI is InChI=1S/C14H14N2O2S/c17-14(16-6-8-18-9-7-16)11-4-3-10-2-1-5-15-12(10)13(11)19/h1-5,19H,6-9H2. The zero-order valence-corrected chi connectivity index (χ0v) is 11.3. The number of morpholine rings is 1. The molecular formula is C14H14N2O2S. The van der Waals surface area contributed by atoms with Crippen LogP contribution in [0, 0.1) is 0 Å². The highest BCUT2D eigenvalue weighted by atomic mass is 32.1. The van der Waals surface area contributed by atoms with Gasteiger partial charge in [-0.1, -0.05) is 12.1 Å². The van der Waals surface area contributed by atoms with Crippen molar-refractivity contribution in [2.75, 3.05) is 26.3 Å². The number of fused-ring (bicyclic) bond motifs is 1. The normalized spacial score (nSPS) is 15.7. The molecule has 0 spiro atoms. The van der Waals surface area contributed by atoms with Crippen molar-refractivity contribution < 1.29 is 9.53 Å². The summed E-state index contributed by atoms with van der Waals surface area (Å²) in [5, 5.41) is 0.992. The van der Waals surface area contributed by atoms with E-state index in [0.29, 0.717) is 36.8 Å². The Hall–Kier alpha value is -1.59. The number of benzene rings is 1. The van der Waals surface area contributed by atoms with Crippen molar-refractivity contribution in [2.24, 2.45) is 0 Å². The van der Waals surface area contributed by atoms with Gasteiger partial charge in [0.1, 0.15) is 0 Å². The SMILES string of the molecule is O=C(c1ccc2cccnc2c1S)N1CCOCC1. The predicted molar refractivity (Wildman–Crippen MR) is 75.7 cm³/mol. The highest BCUT2D eigenvalue weighted by molar-refractivity contribution is 7.80. The first-order valence-corrected chi connectivity index (χ1v) is 6.66. The van der Waals surface area contributed by atoms with Gasteiger partial charge in [-0.15, -0.1) is 12.6 Å². The molecule has 1 amide bonds. The maximum absolute atomic E-state index is 12.5. The molecule has 5 heteroatoms. The molecular weight excluding hydrogens is 260 g/mol. The molecule has 0 radical (unpaired) electrons. The number of hydrogen-bond acceptors (Lipinski definition) is 4. The number of ether oxygens (including phenoxy) is 1. The van der Waals surface area contributed by atoms with Crippen molar-refractivity contribution >= 4 is 29.4 Å². The van der Waals surface area contributed by atoms with Crippen molar-refractivity contribution in [1.82, 2.24) is 9.88 Å². The van der Waals surface area contributed by atoms with Crippen LogP contribution in [0.4, 0.5) is 0 Å². The van der Waals surface area contributed by atoms with Gasteiger partial charge in [0.15, 0.2) is 0 Å². The number of aromatic nitrogens is 1. The average molecular weight is 274 g/mol. The number of nitrogens with zero attached hydrogens (tertiary/aromatic N) is 2. The fourth-order valence-corrected chi connectivity index (χ4v) is 2.60. The quantitative estimate of drug-likeness (QED) is 0.809. The van der Waals surface area contributed by atoms with Crippen LogP contribution >= 0.6 is 12.6 Å². The first-order valence-electron chi connectivity index (χ1n) is 6.21. The molecule has 1 aromatic heterocycles. The van der Waals surface area contributed by atoms with Crippen LogP contribution in [0.25, 0.3) is 10.9 Å². The Bertz CT molecular complexity index is 624. The molecule has 1 fully saturated rings. The van der Waals surface area contributed by atoms with Crippen molar-refractivity contribution in [3.63, 3.8) is 0 Å². The second kappa shape index (κ2) is 5.19. The lowest BCUT2D eigenvalue weighted by Gasteiger charge is -2.27. The van der Waals surface area contributed by atoms with Crippen LogP contribution in [0.15, 0.2) is 35.4 Å². The van der Waals surface area contributed by atoms with E-state index >= 15 is 0 Å². The van der Waals surface area contributed by atoms with Gasteiger partial charge in [0, 0.05) is 29.6 Å². The minimum Gasteiger partial charge on any atom is -0.378 e. The van der Waals surface area contributed by atoms with E-state index in [2.05, 4.69) is 17.6 Å². The Morgan fingerprint density at radius 1 is 1.26 bits per heavy atom. The summed E-state index contributed by atoms with van der Waals surface area (Å²) in [6.45, 7) is 2.46. The summed E-state index contributed by atoms with van der Waals surface area (Å²) in [6.07, 6.45) is 1.71. The Morgan fingerprint density at radius 3 is 2.84 bits per heavy atom. The van der Waals surface area contributed by atoms with Crippen LogP contribution < -0.4 is 0 Å². The van der Waals surface area contributed by atoms with Gasteiger partial charge in [0.25, 0.3) is 5.91 Å². The van der Waals surface area contributed by atoms with Gasteiger partial charge in [-0.3, -0.25) is 9.78 Å². The smallest absolute Gasteiger partial charge is 0.255 e. The minimum absolute atomic E-state index is 0.000790. The molecule has 98 valence electrons. The lowest BCUT2D eigenvalue weighted by molar-refractivity contribution is 0.0301. The minimum atomic E-state index is 0.000790. The van der Waals surface area contributed by atoms with Gasteiger partial charge < -0.3 is 9.64 Å². The van der Waals surface area contributed by atoms with E-state index in [1.165, 1.54) is 0 Å².